The first-order valence-corrected chi connectivity index (χ1v) is 7.89. The smallest absolute Gasteiger partial charge is 0.177 e. The van der Waals surface area contributed by atoms with Gasteiger partial charge in [0.2, 0.25) is 0 Å². The SMILES string of the molecule is Cc1ccc(C(C)Nc2ccccc2S(C)(=O)=O)o1. The summed E-state index contributed by atoms with van der Waals surface area (Å²) >= 11 is 0. The van der Waals surface area contributed by atoms with Crippen LogP contribution in [0.4, 0.5) is 5.69 Å². The Bertz CT molecular complexity index is 674. The van der Waals surface area contributed by atoms with Gasteiger partial charge in [0.05, 0.1) is 16.6 Å². The molecule has 1 N–H and O–H groups in total. The maximum absolute atomic E-state index is 11.7. The zero-order valence-corrected chi connectivity index (χ0v) is 12.0. The molecule has 1 aromatic heterocycles. The zero-order valence-electron chi connectivity index (χ0n) is 11.2. The van der Waals surface area contributed by atoms with E-state index in [9.17, 15) is 8.42 Å². The van der Waals surface area contributed by atoms with Crippen molar-refractivity contribution in [3.05, 3.63) is 47.9 Å². The van der Waals surface area contributed by atoms with Gasteiger partial charge in [0.1, 0.15) is 11.5 Å². The lowest BCUT2D eigenvalue weighted by Gasteiger charge is -2.15. The van der Waals surface area contributed by atoms with Crippen LogP contribution in [0.1, 0.15) is 24.5 Å². The average molecular weight is 279 g/mol. The molecule has 0 radical (unpaired) electrons. The van der Waals surface area contributed by atoms with Crippen LogP contribution in [0, 0.1) is 6.92 Å². The van der Waals surface area contributed by atoms with Crippen LogP contribution in [0.3, 0.4) is 0 Å². The molecule has 0 aliphatic carbocycles. The number of sulfone groups is 1. The molecule has 0 saturated carbocycles. The fourth-order valence-corrected chi connectivity index (χ4v) is 2.75. The van der Waals surface area contributed by atoms with Crippen LogP contribution in [0.25, 0.3) is 0 Å². The van der Waals surface area contributed by atoms with Crippen molar-refractivity contribution >= 4 is 15.5 Å². The van der Waals surface area contributed by atoms with E-state index in [2.05, 4.69) is 5.32 Å². The minimum Gasteiger partial charge on any atom is -0.464 e. The normalized spacial score (nSPS) is 13.2. The molecule has 1 atom stereocenters. The van der Waals surface area contributed by atoms with E-state index >= 15 is 0 Å². The van der Waals surface area contributed by atoms with E-state index in [-0.39, 0.29) is 6.04 Å². The van der Waals surface area contributed by atoms with Crippen molar-refractivity contribution in [1.29, 1.82) is 0 Å². The van der Waals surface area contributed by atoms with Crippen molar-refractivity contribution in [2.45, 2.75) is 24.8 Å². The van der Waals surface area contributed by atoms with Crippen LogP contribution < -0.4 is 5.32 Å². The van der Waals surface area contributed by atoms with Crippen molar-refractivity contribution in [3.63, 3.8) is 0 Å². The fraction of sp³-hybridized carbons (Fsp3) is 0.286. The lowest BCUT2D eigenvalue weighted by atomic mass is 10.2. The molecule has 1 heterocycles. The first-order chi connectivity index (χ1) is 8.88. The van der Waals surface area contributed by atoms with Gasteiger partial charge < -0.3 is 9.73 Å². The van der Waals surface area contributed by atoms with Gasteiger partial charge in [-0.05, 0) is 38.1 Å². The summed E-state index contributed by atoms with van der Waals surface area (Å²) in [6.07, 6.45) is 1.20. The Kier molecular flexibility index (Phi) is 3.66. The van der Waals surface area contributed by atoms with Gasteiger partial charge in [0.25, 0.3) is 0 Å². The number of para-hydroxylation sites is 1. The first kappa shape index (κ1) is 13.7. The second-order valence-electron chi connectivity index (χ2n) is 4.58. The summed E-state index contributed by atoms with van der Waals surface area (Å²) in [6, 6.07) is 10.5. The summed E-state index contributed by atoms with van der Waals surface area (Å²) in [5.74, 6) is 1.61. The number of nitrogens with one attached hydrogen (secondary N) is 1. The van der Waals surface area contributed by atoms with E-state index in [4.69, 9.17) is 4.42 Å². The summed E-state index contributed by atoms with van der Waals surface area (Å²) < 4.78 is 29.0. The number of benzene rings is 1. The van der Waals surface area contributed by atoms with Gasteiger partial charge in [-0.15, -0.1) is 0 Å². The summed E-state index contributed by atoms with van der Waals surface area (Å²) in [6.45, 7) is 3.80. The standard InChI is InChI=1S/C14H17NO3S/c1-10-8-9-13(18-10)11(2)15-12-6-4-5-7-14(12)19(3,16)17/h4-9,11,15H,1-3H3. The lowest BCUT2D eigenvalue weighted by molar-refractivity contribution is 0.466. The van der Waals surface area contributed by atoms with Gasteiger partial charge in [0, 0.05) is 6.26 Å². The summed E-state index contributed by atoms with van der Waals surface area (Å²) in [5, 5.41) is 3.17. The molecule has 1 aromatic carbocycles. The Morgan fingerprint density at radius 3 is 2.42 bits per heavy atom. The molecule has 5 heteroatoms. The topological polar surface area (TPSA) is 59.3 Å². The molecular weight excluding hydrogens is 262 g/mol. The van der Waals surface area contributed by atoms with Gasteiger partial charge in [-0.1, -0.05) is 12.1 Å². The molecule has 0 bridgehead atoms. The summed E-state index contributed by atoms with van der Waals surface area (Å²) in [4.78, 5) is 0.296. The molecule has 1 unspecified atom stereocenters. The third-order valence-corrected chi connectivity index (χ3v) is 4.00. The Morgan fingerprint density at radius 1 is 1.16 bits per heavy atom. The number of anilines is 1. The molecule has 0 saturated heterocycles. The second kappa shape index (κ2) is 5.09. The van der Waals surface area contributed by atoms with Crippen molar-refractivity contribution < 1.29 is 12.8 Å². The third-order valence-electron chi connectivity index (χ3n) is 2.85. The highest BCUT2D eigenvalue weighted by Crippen LogP contribution is 2.26. The van der Waals surface area contributed by atoms with Crippen LogP contribution in [0.2, 0.25) is 0 Å². The van der Waals surface area contributed by atoms with E-state index in [1.807, 2.05) is 26.0 Å². The van der Waals surface area contributed by atoms with E-state index in [0.29, 0.717) is 10.6 Å². The van der Waals surface area contributed by atoms with Gasteiger partial charge in [-0.25, -0.2) is 8.42 Å². The second-order valence-corrected chi connectivity index (χ2v) is 6.57. The number of aryl methyl sites for hydroxylation is 1. The molecule has 2 aromatic rings. The predicted octanol–water partition coefficient (Wildman–Crippen LogP) is 3.16. The summed E-state index contributed by atoms with van der Waals surface area (Å²) in [5.41, 5.74) is 0.589. The minimum absolute atomic E-state index is 0.100. The van der Waals surface area contributed by atoms with Gasteiger partial charge in [-0.3, -0.25) is 0 Å². The van der Waals surface area contributed by atoms with Crippen molar-refractivity contribution in [3.8, 4) is 0 Å². The maximum atomic E-state index is 11.7. The van der Waals surface area contributed by atoms with E-state index in [1.165, 1.54) is 6.26 Å². The fourth-order valence-electron chi connectivity index (χ4n) is 1.90. The number of furan rings is 1. The zero-order chi connectivity index (χ0) is 14.0. The number of rotatable bonds is 4. The van der Waals surface area contributed by atoms with Gasteiger partial charge >= 0.3 is 0 Å². The Balaban J connectivity index is 2.29. The highest BCUT2D eigenvalue weighted by atomic mass is 32.2. The first-order valence-electron chi connectivity index (χ1n) is 6.00. The third kappa shape index (κ3) is 3.17. The lowest BCUT2D eigenvalue weighted by Crippen LogP contribution is -2.09. The molecule has 0 fully saturated rings. The van der Waals surface area contributed by atoms with Crippen molar-refractivity contribution in [1.82, 2.24) is 0 Å². The average Bonchev–Trinajstić information content (AvgIpc) is 2.75. The highest BCUT2D eigenvalue weighted by Gasteiger charge is 2.16. The molecule has 0 spiro atoms. The molecule has 102 valence electrons. The van der Waals surface area contributed by atoms with Crippen LogP contribution in [-0.4, -0.2) is 14.7 Å². The van der Waals surface area contributed by atoms with Gasteiger partial charge in [0.15, 0.2) is 9.84 Å². The van der Waals surface area contributed by atoms with Crippen molar-refractivity contribution in [2.24, 2.45) is 0 Å². The van der Waals surface area contributed by atoms with E-state index in [0.717, 1.165) is 11.5 Å². The maximum Gasteiger partial charge on any atom is 0.177 e. The Labute approximate surface area is 113 Å². The number of hydrogen-bond donors (Lipinski definition) is 1. The van der Waals surface area contributed by atoms with Crippen LogP contribution in [-0.2, 0) is 9.84 Å². The predicted molar refractivity (Wildman–Crippen MR) is 75.0 cm³/mol. The highest BCUT2D eigenvalue weighted by molar-refractivity contribution is 7.90. The largest absolute Gasteiger partial charge is 0.464 e. The molecular formula is C14H17NO3S. The number of hydrogen-bond acceptors (Lipinski definition) is 4. The van der Waals surface area contributed by atoms with E-state index < -0.39 is 9.84 Å². The summed E-state index contributed by atoms with van der Waals surface area (Å²) in [7, 11) is -3.25. The molecule has 4 nitrogen and oxygen atoms in total. The molecule has 0 amide bonds. The van der Waals surface area contributed by atoms with Crippen LogP contribution in [0.5, 0.6) is 0 Å². The van der Waals surface area contributed by atoms with Crippen LogP contribution >= 0.6 is 0 Å². The van der Waals surface area contributed by atoms with E-state index in [1.54, 1.807) is 24.3 Å². The molecule has 2 rings (SSSR count). The quantitative estimate of drug-likeness (QED) is 0.934. The minimum atomic E-state index is -3.25. The Morgan fingerprint density at radius 2 is 1.84 bits per heavy atom. The molecule has 0 aliphatic heterocycles. The monoisotopic (exact) mass is 279 g/mol. The molecule has 19 heavy (non-hydrogen) atoms. The molecule has 0 aliphatic rings. The van der Waals surface area contributed by atoms with Gasteiger partial charge in [-0.2, -0.15) is 0 Å². The Hall–Kier alpha value is -1.75. The van der Waals surface area contributed by atoms with Crippen molar-refractivity contribution in [2.75, 3.05) is 11.6 Å². The van der Waals surface area contributed by atoms with Crippen LogP contribution in [0.15, 0.2) is 45.7 Å².